The number of hydrogen-bond acceptors (Lipinski definition) is 3. The van der Waals surface area contributed by atoms with Gasteiger partial charge >= 0.3 is 0 Å². The lowest BCUT2D eigenvalue weighted by atomic mass is 9.93. The van der Waals surface area contributed by atoms with Crippen LogP contribution in [0.2, 0.25) is 0 Å². The van der Waals surface area contributed by atoms with Crippen LogP contribution in [-0.2, 0) is 6.42 Å². The van der Waals surface area contributed by atoms with Gasteiger partial charge in [0, 0.05) is 23.4 Å². The van der Waals surface area contributed by atoms with Crippen molar-refractivity contribution >= 4 is 11.3 Å². The first-order chi connectivity index (χ1) is 9.44. The summed E-state index contributed by atoms with van der Waals surface area (Å²) in [6.07, 6.45) is 0.997. The first-order valence-corrected chi connectivity index (χ1v) is 8.03. The molecule has 3 heteroatoms. The van der Waals surface area contributed by atoms with E-state index in [4.69, 9.17) is 0 Å². The van der Waals surface area contributed by atoms with Gasteiger partial charge in [-0.2, -0.15) is 0 Å². The molecule has 0 aliphatic carbocycles. The smallest absolute Gasteiger partial charge is 0.0897 e. The predicted molar refractivity (Wildman–Crippen MR) is 87.5 cm³/mol. The zero-order chi connectivity index (χ0) is 14.6. The molecule has 2 nitrogen and oxygen atoms in total. The minimum Gasteiger partial charge on any atom is -0.311 e. The van der Waals surface area contributed by atoms with Crippen LogP contribution < -0.4 is 5.32 Å². The summed E-state index contributed by atoms with van der Waals surface area (Å²) in [7, 11) is 0. The molecule has 0 saturated heterocycles. The van der Waals surface area contributed by atoms with Crippen molar-refractivity contribution in [2.45, 2.75) is 45.6 Å². The van der Waals surface area contributed by atoms with E-state index in [2.05, 4.69) is 73.7 Å². The molecule has 2 rings (SSSR count). The van der Waals surface area contributed by atoms with Gasteiger partial charge in [-0.1, -0.05) is 30.3 Å². The van der Waals surface area contributed by atoms with E-state index in [0.717, 1.165) is 18.0 Å². The lowest BCUT2D eigenvalue weighted by Crippen LogP contribution is -2.39. The van der Waals surface area contributed by atoms with Crippen LogP contribution in [0.1, 0.15) is 43.0 Å². The zero-order valence-electron chi connectivity index (χ0n) is 12.8. The van der Waals surface area contributed by atoms with Gasteiger partial charge in [-0.05, 0) is 39.7 Å². The number of benzene rings is 1. The fourth-order valence-corrected chi connectivity index (χ4v) is 2.84. The van der Waals surface area contributed by atoms with Crippen molar-refractivity contribution in [3.8, 4) is 0 Å². The quantitative estimate of drug-likeness (QED) is 0.893. The Morgan fingerprint density at radius 2 is 1.90 bits per heavy atom. The molecule has 0 spiro atoms. The van der Waals surface area contributed by atoms with Gasteiger partial charge in [0.05, 0.1) is 10.7 Å². The van der Waals surface area contributed by atoms with Crippen LogP contribution in [-0.4, -0.2) is 17.1 Å². The Hall–Kier alpha value is -1.19. The van der Waals surface area contributed by atoms with E-state index in [9.17, 15) is 0 Å². The standard InChI is InChI=1S/C17H24N2S/c1-13-19-16(12-20-13)10-15(11-18-17(2,3)4)14-8-6-5-7-9-14/h5-9,12,15,18H,10-11H2,1-4H3. The van der Waals surface area contributed by atoms with Crippen molar-refractivity contribution in [2.24, 2.45) is 0 Å². The maximum Gasteiger partial charge on any atom is 0.0897 e. The van der Waals surface area contributed by atoms with E-state index >= 15 is 0 Å². The van der Waals surface area contributed by atoms with E-state index in [1.54, 1.807) is 11.3 Å². The van der Waals surface area contributed by atoms with Crippen molar-refractivity contribution in [1.82, 2.24) is 10.3 Å². The van der Waals surface area contributed by atoms with Crippen LogP contribution in [0.15, 0.2) is 35.7 Å². The average molecular weight is 288 g/mol. The summed E-state index contributed by atoms with van der Waals surface area (Å²) < 4.78 is 0. The topological polar surface area (TPSA) is 24.9 Å². The van der Waals surface area contributed by atoms with Gasteiger partial charge in [-0.25, -0.2) is 4.98 Å². The second kappa shape index (κ2) is 6.51. The molecule has 2 aromatic rings. The van der Waals surface area contributed by atoms with E-state index < -0.39 is 0 Å². The largest absolute Gasteiger partial charge is 0.311 e. The first-order valence-electron chi connectivity index (χ1n) is 7.15. The molecule has 1 aromatic heterocycles. The molecule has 1 atom stereocenters. The third-order valence-electron chi connectivity index (χ3n) is 3.27. The fraction of sp³-hybridized carbons (Fsp3) is 0.471. The Labute approximate surface area is 126 Å². The van der Waals surface area contributed by atoms with Crippen LogP contribution in [0.4, 0.5) is 0 Å². The van der Waals surface area contributed by atoms with Gasteiger partial charge in [-0.15, -0.1) is 11.3 Å². The number of hydrogen-bond donors (Lipinski definition) is 1. The molecule has 1 heterocycles. The number of aryl methyl sites for hydroxylation is 1. The minimum absolute atomic E-state index is 0.144. The maximum atomic E-state index is 4.61. The van der Waals surface area contributed by atoms with Gasteiger partial charge in [0.15, 0.2) is 0 Å². The Morgan fingerprint density at radius 3 is 2.45 bits per heavy atom. The van der Waals surface area contributed by atoms with E-state index in [1.807, 2.05) is 0 Å². The van der Waals surface area contributed by atoms with Gasteiger partial charge in [0.25, 0.3) is 0 Å². The Kier molecular flexibility index (Phi) is 4.95. The number of thiazole rings is 1. The molecule has 1 N–H and O–H groups in total. The molecule has 0 saturated carbocycles. The van der Waals surface area contributed by atoms with Gasteiger partial charge in [-0.3, -0.25) is 0 Å². The molecule has 1 unspecified atom stereocenters. The lowest BCUT2D eigenvalue weighted by molar-refractivity contribution is 0.404. The fourth-order valence-electron chi connectivity index (χ4n) is 2.22. The summed E-state index contributed by atoms with van der Waals surface area (Å²) in [4.78, 5) is 4.61. The summed E-state index contributed by atoms with van der Waals surface area (Å²) in [5, 5.41) is 6.95. The summed E-state index contributed by atoms with van der Waals surface area (Å²) in [5.41, 5.74) is 2.73. The molecule has 0 aliphatic heterocycles. The van der Waals surface area contributed by atoms with Gasteiger partial charge in [0.2, 0.25) is 0 Å². The van der Waals surface area contributed by atoms with Crippen LogP contribution >= 0.6 is 11.3 Å². The van der Waals surface area contributed by atoms with Crippen LogP contribution in [0, 0.1) is 6.92 Å². The highest BCUT2D eigenvalue weighted by atomic mass is 32.1. The van der Waals surface area contributed by atoms with E-state index in [1.165, 1.54) is 11.3 Å². The van der Waals surface area contributed by atoms with Gasteiger partial charge in [0.1, 0.15) is 0 Å². The average Bonchev–Trinajstić information content (AvgIpc) is 2.80. The zero-order valence-corrected chi connectivity index (χ0v) is 13.6. The highest BCUT2D eigenvalue weighted by Crippen LogP contribution is 2.22. The number of rotatable bonds is 5. The Morgan fingerprint density at radius 1 is 1.20 bits per heavy atom. The normalized spacial score (nSPS) is 13.4. The van der Waals surface area contributed by atoms with Gasteiger partial charge < -0.3 is 5.32 Å². The van der Waals surface area contributed by atoms with Crippen LogP contribution in [0.25, 0.3) is 0 Å². The van der Waals surface area contributed by atoms with Crippen molar-refractivity contribution in [1.29, 1.82) is 0 Å². The van der Waals surface area contributed by atoms with Crippen molar-refractivity contribution in [3.05, 3.63) is 52.0 Å². The van der Waals surface area contributed by atoms with Crippen LogP contribution in [0.5, 0.6) is 0 Å². The molecule has 0 radical (unpaired) electrons. The maximum absolute atomic E-state index is 4.61. The van der Waals surface area contributed by atoms with Crippen LogP contribution in [0.3, 0.4) is 0 Å². The second-order valence-electron chi connectivity index (χ2n) is 6.30. The molecule has 0 bridgehead atoms. The summed E-state index contributed by atoms with van der Waals surface area (Å²) in [5.74, 6) is 0.469. The molecule has 0 amide bonds. The summed E-state index contributed by atoms with van der Waals surface area (Å²) >= 11 is 1.73. The SMILES string of the molecule is Cc1nc(CC(CNC(C)(C)C)c2ccccc2)cs1. The highest BCUT2D eigenvalue weighted by molar-refractivity contribution is 7.09. The summed E-state index contributed by atoms with van der Waals surface area (Å²) in [6.45, 7) is 9.68. The molecular formula is C17H24N2S. The second-order valence-corrected chi connectivity index (χ2v) is 7.36. The van der Waals surface area contributed by atoms with Crippen molar-refractivity contribution in [3.63, 3.8) is 0 Å². The lowest BCUT2D eigenvalue weighted by Gasteiger charge is -2.25. The van der Waals surface area contributed by atoms with E-state index in [0.29, 0.717) is 5.92 Å². The van der Waals surface area contributed by atoms with E-state index in [-0.39, 0.29) is 5.54 Å². The monoisotopic (exact) mass is 288 g/mol. The van der Waals surface area contributed by atoms with Crippen molar-refractivity contribution in [2.75, 3.05) is 6.54 Å². The third kappa shape index (κ3) is 4.73. The first kappa shape index (κ1) is 15.2. The number of aromatic nitrogens is 1. The third-order valence-corrected chi connectivity index (χ3v) is 4.09. The Balaban J connectivity index is 2.11. The Bertz CT molecular complexity index is 525. The highest BCUT2D eigenvalue weighted by Gasteiger charge is 2.17. The molecule has 108 valence electrons. The predicted octanol–water partition coefficient (Wildman–Crippen LogP) is 4.17. The summed E-state index contributed by atoms with van der Waals surface area (Å²) in [6, 6.07) is 10.7. The number of nitrogens with zero attached hydrogens (tertiary/aromatic N) is 1. The molecular weight excluding hydrogens is 264 g/mol. The molecule has 1 aromatic carbocycles. The molecule has 0 aliphatic rings. The molecule has 0 fully saturated rings. The minimum atomic E-state index is 0.144. The van der Waals surface area contributed by atoms with Crippen molar-refractivity contribution < 1.29 is 0 Å². The number of nitrogens with one attached hydrogen (secondary N) is 1. The molecule has 20 heavy (non-hydrogen) atoms.